The molecule has 0 saturated carbocycles. The largest absolute Gasteiger partial charge is 0.495 e. The van der Waals surface area contributed by atoms with E-state index in [4.69, 9.17) is 4.74 Å². The maximum Gasteiger partial charge on any atom is 0.264 e. The lowest BCUT2D eigenvalue weighted by Crippen LogP contribution is -2.48. The zero-order valence-electron chi connectivity index (χ0n) is 40.5. The Kier molecular flexibility index (Phi) is 14.3. The third-order valence-corrected chi connectivity index (χ3v) is 16.3. The molecule has 8 aromatic rings. The molecule has 0 atom stereocenters. The minimum Gasteiger partial charge on any atom is -0.495 e. The number of carbonyl (C=O) groups is 2. The van der Waals surface area contributed by atoms with E-state index in [0.29, 0.717) is 116 Å². The van der Waals surface area contributed by atoms with E-state index in [1.165, 1.54) is 37.4 Å². The van der Waals surface area contributed by atoms with Crippen LogP contribution in [0, 0.1) is 5.82 Å². The van der Waals surface area contributed by atoms with Gasteiger partial charge in [-0.1, -0.05) is 60.7 Å². The topological polar surface area (TPSA) is 174 Å². The first-order valence-electron chi connectivity index (χ1n) is 24.3. The number of sulfonamides is 2. The molecule has 0 radical (unpaired) electrons. The molecule has 378 valence electrons. The number of anilines is 3. The van der Waals surface area contributed by atoms with E-state index < -0.39 is 20.0 Å². The van der Waals surface area contributed by atoms with Crippen LogP contribution < -0.4 is 19.1 Å². The van der Waals surface area contributed by atoms with Crippen molar-refractivity contribution in [1.82, 2.24) is 24.7 Å². The number of para-hydroxylation sites is 2. The van der Waals surface area contributed by atoms with Crippen LogP contribution >= 0.6 is 0 Å². The van der Waals surface area contributed by atoms with Crippen molar-refractivity contribution in [1.29, 1.82) is 0 Å². The molecule has 2 amide bonds. The van der Waals surface area contributed by atoms with Crippen LogP contribution in [-0.4, -0.2) is 113 Å². The van der Waals surface area contributed by atoms with E-state index in [9.17, 15) is 30.8 Å². The summed E-state index contributed by atoms with van der Waals surface area (Å²) in [5.74, 6) is -0.393. The maximum atomic E-state index is 14.2. The molecule has 2 fully saturated rings. The number of fused-ring (bicyclic) bond motifs is 2. The Morgan fingerprint density at radius 1 is 0.595 bits per heavy atom. The third kappa shape index (κ3) is 10.9. The number of rotatable bonds is 15. The van der Waals surface area contributed by atoms with Gasteiger partial charge in [-0.25, -0.2) is 21.2 Å². The van der Waals surface area contributed by atoms with E-state index in [1.807, 2.05) is 29.2 Å². The molecule has 2 aromatic heterocycles. The molecular formula is C56H53FN8O7S2. The van der Waals surface area contributed by atoms with Crippen LogP contribution in [0.3, 0.4) is 0 Å². The van der Waals surface area contributed by atoms with Crippen molar-refractivity contribution in [2.75, 3.05) is 73.8 Å². The third-order valence-electron chi connectivity index (χ3n) is 13.5. The molecule has 74 heavy (non-hydrogen) atoms. The normalized spacial score (nSPS) is 14.5. The van der Waals surface area contributed by atoms with Crippen molar-refractivity contribution in [2.45, 2.75) is 29.2 Å². The molecule has 0 spiro atoms. The number of nitrogens with one attached hydrogen (secondary N) is 2. The highest BCUT2D eigenvalue weighted by atomic mass is 32.2. The van der Waals surface area contributed by atoms with Gasteiger partial charge in [-0.05, 0) is 109 Å². The molecule has 2 aliphatic rings. The first-order valence-corrected chi connectivity index (χ1v) is 27.2. The molecule has 2 aliphatic heterocycles. The van der Waals surface area contributed by atoms with Gasteiger partial charge in [-0.15, -0.1) is 0 Å². The van der Waals surface area contributed by atoms with Crippen molar-refractivity contribution in [2.24, 2.45) is 0 Å². The van der Waals surface area contributed by atoms with Crippen LogP contribution in [0.1, 0.15) is 37.4 Å². The fraction of sp³-hybridized carbons (Fsp3) is 0.214. The second kappa shape index (κ2) is 21.3. The predicted octanol–water partition coefficient (Wildman–Crippen LogP) is 8.24. The number of methoxy groups -OCH3 is 1. The van der Waals surface area contributed by atoms with Crippen molar-refractivity contribution in [3.8, 4) is 5.75 Å². The summed E-state index contributed by atoms with van der Waals surface area (Å²) in [5, 5.41) is 1.39. The van der Waals surface area contributed by atoms with Crippen LogP contribution in [0.4, 0.5) is 21.5 Å². The number of ether oxygens (including phenoxy) is 1. The molecule has 4 heterocycles. The number of halogens is 1. The number of piperazine rings is 2. The number of nitrogens with zero attached hydrogens (tertiary/aromatic N) is 6. The molecule has 0 aliphatic carbocycles. The van der Waals surface area contributed by atoms with Crippen molar-refractivity contribution < 1.29 is 35.6 Å². The minimum atomic E-state index is -4.16. The van der Waals surface area contributed by atoms with Gasteiger partial charge in [0.1, 0.15) is 21.4 Å². The number of aromatic nitrogens is 2. The first-order chi connectivity index (χ1) is 35.8. The van der Waals surface area contributed by atoms with Crippen LogP contribution in [-0.2, 0) is 39.4 Å². The zero-order valence-corrected chi connectivity index (χ0v) is 42.2. The summed E-state index contributed by atoms with van der Waals surface area (Å²) in [5.41, 5.74) is 5.76. The van der Waals surface area contributed by atoms with Gasteiger partial charge >= 0.3 is 0 Å². The molecule has 2 saturated heterocycles. The number of hydrogen-bond donors (Lipinski definition) is 2. The van der Waals surface area contributed by atoms with Gasteiger partial charge in [0, 0.05) is 110 Å². The number of pyridine rings is 2. The van der Waals surface area contributed by atoms with Crippen LogP contribution in [0.5, 0.6) is 5.75 Å². The molecule has 6 aromatic carbocycles. The van der Waals surface area contributed by atoms with Crippen LogP contribution in [0.25, 0.3) is 21.8 Å². The van der Waals surface area contributed by atoms with Gasteiger partial charge in [-0.2, -0.15) is 0 Å². The fourth-order valence-electron chi connectivity index (χ4n) is 9.53. The van der Waals surface area contributed by atoms with Crippen LogP contribution in [0.15, 0.2) is 168 Å². The molecule has 0 bridgehead atoms. The predicted molar refractivity (Wildman–Crippen MR) is 284 cm³/mol. The van der Waals surface area contributed by atoms with Crippen molar-refractivity contribution in [3.63, 3.8) is 0 Å². The number of carbonyl (C=O) groups excluding carboxylic acids is 2. The fourth-order valence-corrected chi connectivity index (χ4v) is 12.0. The lowest BCUT2D eigenvalue weighted by atomic mass is 10.0. The molecule has 2 N–H and O–H groups in total. The van der Waals surface area contributed by atoms with E-state index in [2.05, 4.69) is 47.4 Å². The Balaban J connectivity index is 0.723. The second-order valence-electron chi connectivity index (χ2n) is 18.3. The van der Waals surface area contributed by atoms with E-state index in [0.717, 1.165) is 16.8 Å². The number of benzene rings is 6. The van der Waals surface area contributed by atoms with Crippen LogP contribution in [0.2, 0.25) is 0 Å². The number of amides is 2. The smallest absolute Gasteiger partial charge is 0.264 e. The number of aryl methyl sites for hydroxylation is 2. The monoisotopic (exact) mass is 1030 g/mol. The Labute approximate surface area is 429 Å². The van der Waals surface area contributed by atoms with Gasteiger partial charge in [0.25, 0.3) is 31.9 Å². The summed E-state index contributed by atoms with van der Waals surface area (Å²) >= 11 is 0. The second-order valence-corrected chi connectivity index (χ2v) is 21.6. The Bertz CT molecular complexity index is 3620. The van der Waals surface area contributed by atoms with E-state index in [-0.39, 0.29) is 38.9 Å². The highest BCUT2D eigenvalue weighted by Gasteiger charge is 2.27. The Hall–Kier alpha value is -7.93. The summed E-state index contributed by atoms with van der Waals surface area (Å²) in [6, 6.07) is 41.6. The average Bonchev–Trinajstić information content (AvgIpc) is 3.42. The minimum absolute atomic E-state index is 0.000920. The molecular weight excluding hydrogens is 980 g/mol. The Morgan fingerprint density at radius 3 is 1.95 bits per heavy atom. The van der Waals surface area contributed by atoms with Crippen molar-refractivity contribution >= 4 is 70.7 Å². The molecule has 15 nitrogen and oxygen atoms in total. The van der Waals surface area contributed by atoms with Gasteiger partial charge in [0.2, 0.25) is 0 Å². The van der Waals surface area contributed by atoms with Gasteiger partial charge in [0.05, 0.1) is 23.8 Å². The van der Waals surface area contributed by atoms with Gasteiger partial charge in [-0.3, -0.25) is 33.9 Å². The molecule has 18 heteroatoms. The average molecular weight is 1030 g/mol. The lowest BCUT2D eigenvalue weighted by Gasteiger charge is -2.36. The lowest BCUT2D eigenvalue weighted by molar-refractivity contribution is 0.0626. The van der Waals surface area contributed by atoms with E-state index in [1.54, 1.807) is 90.1 Å². The standard InChI is InChI=1S/C56H53FN8O7S2/c1-72-50-36-44(56(67)64-28-26-62(27-29-64)38-45-9-2-3-14-48(45)57)21-24-49(50)61-74(70,71)52-16-6-11-43-34-40(37-59-54(43)52)18-17-39-8-4-13-47(35-39)63-30-32-65(33-31-63)55(66)42-19-22-46(23-20-42)60-73(68,69)51-15-5-10-41-12-7-25-58-53(41)51/h2-16,19-25,34-37,60-61H,17-18,26-33,38H2,1H3. The quantitative estimate of drug-likeness (QED) is 0.101. The summed E-state index contributed by atoms with van der Waals surface area (Å²) in [4.78, 5) is 44.0. The highest BCUT2D eigenvalue weighted by Crippen LogP contribution is 2.32. The molecule has 10 rings (SSSR count). The van der Waals surface area contributed by atoms with Crippen molar-refractivity contribution in [3.05, 3.63) is 192 Å². The van der Waals surface area contributed by atoms with E-state index >= 15 is 0 Å². The first kappa shape index (κ1) is 49.6. The van der Waals surface area contributed by atoms with Gasteiger partial charge < -0.3 is 19.4 Å². The Morgan fingerprint density at radius 2 is 1.22 bits per heavy atom. The summed E-state index contributed by atoms with van der Waals surface area (Å²) in [6.07, 6.45) is 4.64. The summed E-state index contributed by atoms with van der Waals surface area (Å²) < 4.78 is 79.6. The summed E-state index contributed by atoms with van der Waals surface area (Å²) in [7, 11) is -6.67. The zero-order chi connectivity index (χ0) is 51.4. The molecule has 0 unspecified atom stereocenters. The number of hydrogen-bond acceptors (Lipinski definition) is 11. The summed E-state index contributed by atoms with van der Waals surface area (Å²) in [6.45, 7) is 4.86. The SMILES string of the molecule is COc1cc(C(=O)N2CCN(Cc3ccccc3F)CC2)ccc1NS(=O)(=O)c1cccc2cc(CCc3cccc(N4CCN(C(=O)c5ccc(NS(=O)(=O)c6cccc7cccnc67)cc5)CC4)c3)cnc12. The maximum absolute atomic E-state index is 14.2. The highest BCUT2D eigenvalue weighted by molar-refractivity contribution is 7.93. The van der Waals surface area contributed by atoms with Gasteiger partial charge in [0.15, 0.2) is 0 Å².